The number of fused-ring (bicyclic) bond motifs is 6. The van der Waals surface area contributed by atoms with Gasteiger partial charge >= 0.3 is 6.03 Å². The van der Waals surface area contributed by atoms with E-state index in [-0.39, 0.29) is 11.4 Å². The van der Waals surface area contributed by atoms with Crippen molar-refractivity contribution in [1.82, 2.24) is 19.2 Å². The second-order valence-corrected chi connectivity index (χ2v) is 10.2. The van der Waals surface area contributed by atoms with Gasteiger partial charge in [-0.2, -0.15) is 5.10 Å². The third kappa shape index (κ3) is 2.63. The van der Waals surface area contributed by atoms with Crippen LogP contribution in [-0.2, 0) is 32.4 Å². The smallest absolute Gasteiger partial charge is 0.324 e. The van der Waals surface area contributed by atoms with Gasteiger partial charge in [-0.1, -0.05) is 13.8 Å². The van der Waals surface area contributed by atoms with Crippen molar-refractivity contribution in [1.29, 1.82) is 0 Å². The van der Waals surface area contributed by atoms with Crippen LogP contribution in [0, 0.1) is 0 Å². The number of aromatic nitrogens is 3. The Morgan fingerprint density at radius 2 is 1.84 bits per heavy atom. The molecule has 6 rings (SSSR count). The molecule has 31 heavy (non-hydrogen) atoms. The van der Waals surface area contributed by atoms with Crippen LogP contribution in [0.2, 0.25) is 0 Å². The Morgan fingerprint density at radius 1 is 1.06 bits per heavy atom. The molecule has 2 amide bonds. The lowest BCUT2D eigenvalue weighted by molar-refractivity contribution is 0.215. The van der Waals surface area contributed by atoms with Gasteiger partial charge in [-0.05, 0) is 60.9 Å². The van der Waals surface area contributed by atoms with Gasteiger partial charge < -0.3 is 9.47 Å². The standard InChI is InChI=1S/C25H31N5O/c1-25(2)15-30(24(31)29-10-5-6-11-29)21-12-18-17-9-7-8-16-14-27(3)26-22(16)23(17)28(4)20(18)13-19(21)25/h12-14H,5-11,15H2,1-4H3. The van der Waals surface area contributed by atoms with Crippen LogP contribution in [0.1, 0.15) is 49.8 Å². The van der Waals surface area contributed by atoms with Crippen molar-refractivity contribution in [3.05, 3.63) is 35.0 Å². The van der Waals surface area contributed by atoms with Crippen LogP contribution in [0.15, 0.2) is 18.3 Å². The Kier molecular flexibility index (Phi) is 3.90. The van der Waals surface area contributed by atoms with Gasteiger partial charge in [0.05, 0.1) is 11.4 Å². The number of rotatable bonds is 0. The first-order valence-corrected chi connectivity index (χ1v) is 11.6. The topological polar surface area (TPSA) is 46.3 Å². The van der Waals surface area contributed by atoms with E-state index < -0.39 is 0 Å². The molecule has 0 spiro atoms. The number of likely N-dealkylation sites (tertiary alicyclic amines) is 1. The van der Waals surface area contributed by atoms with Crippen LogP contribution in [0.25, 0.3) is 22.3 Å². The Bertz CT molecular complexity index is 1220. The Hall–Kier alpha value is -2.76. The fraction of sp³-hybridized carbons (Fsp3) is 0.520. The minimum Gasteiger partial charge on any atom is -0.342 e. The van der Waals surface area contributed by atoms with Gasteiger partial charge in [0.1, 0.15) is 5.69 Å². The number of benzene rings is 1. The molecule has 0 saturated carbocycles. The summed E-state index contributed by atoms with van der Waals surface area (Å²) in [5, 5.41) is 6.12. The van der Waals surface area contributed by atoms with Gasteiger partial charge in [0.25, 0.3) is 0 Å². The fourth-order valence-corrected chi connectivity index (χ4v) is 6.06. The molecular formula is C25H31N5O. The average Bonchev–Trinajstić information content (AvgIpc) is 3.47. The van der Waals surface area contributed by atoms with Crippen molar-refractivity contribution in [3.8, 4) is 11.4 Å². The summed E-state index contributed by atoms with van der Waals surface area (Å²) in [7, 11) is 4.18. The largest absolute Gasteiger partial charge is 0.342 e. The lowest BCUT2D eigenvalue weighted by atomic mass is 9.86. The number of urea groups is 1. The predicted molar refractivity (Wildman–Crippen MR) is 124 cm³/mol. The van der Waals surface area contributed by atoms with Crippen molar-refractivity contribution in [2.75, 3.05) is 24.5 Å². The van der Waals surface area contributed by atoms with E-state index in [2.05, 4.69) is 43.8 Å². The summed E-state index contributed by atoms with van der Waals surface area (Å²) in [6.07, 6.45) is 7.65. The fourth-order valence-electron chi connectivity index (χ4n) is 6.06. The molecule has 162 valence electrons. The Labute approximate surface area is 183 Å². The number of hydrogen-bond donors (Lipinski definition) is 0. The van der Waals surface area contributed by atoms with E-state index in [0.29, 0.717) is 0 Å². The maximum absolute atomic E-state index is 13.4. The van der Waals surface area contributed by atoms with Crippen LogP contribution in [0.3, 0.4) is 0 Å². The number of carbonyl (C=O) groups excluding carboxylic acids is 1. The summed E-state index contributed by atoms with van der Waals surface area (Å²) in [4.78, 5) is 17.5. The highest BCUT2D eigenvalue weighted by Gasteiger charge is 2.41. The zero-order chi connectivity index (χ0) is 21.5. The maximum Gasteiger partial charge on any atom is 0.324 e. The molecule has 1 aromatic carbocycles. The summed E-state index contributed by atoms with van der Waals surface area (Å²) in [6, 6.07) is 4.83. The van der Waals surface area contributed by atoms with Gasteiger partial charge in [0.2, 0.25) is 0 Å². The summed E-state index contributed by atoms with van der Waals surface area (Å²) in [6.45, 7) is 7.05. The molecule has 3 aliphatic rings. The second-order valence-electron chi connectivity index (χ2n) is 10.2. The summed E-state index contributed by atoms with van der Waals surface area (Å²) in [5.41, 5.74) is 8.68. The first kappa shape index (κ1) is 19.0. The van der Waals surface area contributed by atoms with Gasteiger partial charge in [-0.3, -0.25) is 9.58 Å². The van der Waals surface area contributed by atoms with Crippen LogP contribution >= 0.6 is 0 Å². The summed E-state index contributed by atoms with van der Waals surface area (Å²) >= 11 is 0. The molecule has 1 saturated heterocycles. The van der Waals surface area contributed by atoms with E-state index >= 15 is 0 Å². The number of nitrogens with zero attached hydrogens (tertiary/aromatic N) is 5. The van der Waals surface area contributed by atoms with Crippen molar-refractivity contribution < 1.29 is 4.79 Å². The molecule has 1 fully saturated rings. The van der Waals surface area contributed by atoms with Crippen molar-refractivity contribution in [3.63, 3.8) is 0 Å². The zero-order valence-corrected chi connectivity index (χ0v) is 19.0. The molecule has 0 radical (unpaired) electrons. The lowest BCUT2D eigenvalue weighted by Crippen LogP contribution is -2.42. The number of amides is 2. The predicted octanol–water partition coefficient (Wildman–Crippen LogP) is 4.38. The Balaban J connectivity index is 1.56. The molecule has 0 N–H and O–H groups in total. The number of aryl methyl sites for hydroxylation is 4. The molecule has 0 atom stereocenters. The lowest BCUT2D eigenvalue weighted by Gasteiger charge is -2.26. The number of hydrogen-bond acceptors (Lipinski definition) is 2. The minimum absolute atomic E-state index is 0.0588. The maximum atomic E-state index is 13.4. The number of carbonyl (C=O) groups is 1. The van der Waals surface area contributed by atoms with E-state index in [9.17, 15) is 4.79 Å². The molecule has 2 aromatic heterocycles. The highest BCUT2D eigenvalue weighted by Crippen LogP contribution is 2.46. The van der Waals surface area contributed by atoms with Crippen molar-refractivity contribution in [2.45, 2.75) is 51.4 Å². The van der Waals surface area contributed by atoms with Crippen LogP contribution < -0.4 is 4.90 Å². The van der Waals surface area contributed by atoms with E-state index in [1.165, 1.54) is 33.3 Å². The monoisotopic (exact) mass is 417 g/mol. The van der Waals surface area contributed by atoms with Crippen molar-refractivity contribution >= 4 is 22.6 Å². The zero-order valence-electron chi connectivity index (χ0n) is 19.0. The second kappa shape index (κ2) is 6.38. The molecule has 3 aromatic rings. The SMILES string of the molecule is Cn1cc2c(n1)-c1c(c3cc4c(cc3n1C)C(C)(C)CN4C(=O)N1CCCC1)CCC2. The van der Waals surface area contributed by atoms with E-state index in [1.807, 2.05) is 21.5 Å². The molecule has 0 unspecified atom stereocenters. The normalized spacial score (nSPS) is 19.5. The van der Waals surface area contributed by atoms with E-state index in [4.69, 9.17) is 5.10 Å². The molecule has 1 aliphatic carbocycles. The minimum atomic E-state index is -0.0588. The highest BCUT2D eigenvalue weighted by molar-refractivity contribution is 6.01. The van der Waals surface area contributed by atoms with Crippen molar-refractivity contribution in [2.24, 2.45) is 14.1 Å². The molecule has 6 nitrogen and oxygen atoms in total. The molecule has 2 aliphatic heterocycles. The third-order valence-corrected chi connectivity index (χ3v) is 7.60. The average molecular weight is 418 g/mol. The number of anilines is 1. The van der Waals surface area contributed by atoms with E-state index in [0.717, 1.165) is 63.1 Å². The van der Waals surface area contributed by atoms with E-state index in [1.54, 1.807) is 0 Å². The Morgan fingerprint density at radius 3 is 2.61 bits per heavy atom. The summed E-state index contributed by atoms with van der Waals surface area (Å²) < 4.78 is 4.28. The highest BCUT2D eigenvalue weighted by atomic mass is 16.2. The molecule has 6 heteroatoms. The van der Waals surface area contributed by atoms with Crippen LogP contribution in [0.5, 0.6) is 0 Å². The van der Waals surface area contributed by atoms with Gasteiger partial charge in [-0.25, -0.2) is 4.79 Å². The third-order valence-electron chi connectivity index (χ3n) is 7.60. The molecule has 0 bridgehead atoms. The van der Waals surface area contributed by atoms with Crippen LogP contribution in [-0.4, -0.2) is 44.9 Å². The molecule has 4 heterocycles. The first-order chi connectivity index (χ1) is 14.8. The van der Waals surface area contributed by atoms with Gasteiger partial charge in [0, 0.05) is 56.2 Å². The van der Waals surface area contributed by atoms with Gasteiger partial charge in [0.15, 0.2) is 0 Å². The summed E-state index contributed by atoms with van der Waals surface area (Å²) in [5.74, 6) is 0. The first-order valence-electron chi connectivity index (χ1n) is 11.6. The van der Waals surface area contributed by atoms with Crippen LogP contribution in [0.4, 0.5) is 10.5 Å². The van der Waals surface area contributed by atoms with Gasteiger partial charge in [-0.15, -0.1) is 0 Å². The quantitative estimate of drug-likeness (QED) is 0.545. The molecular weight excluding hydrogens is 386 g/mol.